The lowest BCUT2D eigenvalue weighted by Crippen LogP contribution is -2.68. The predicted molar refractivity (Wildman–Crippen MR) is 167 cm³/mol. The van der Waals surface area contributed by atoms with Gasteiger partial charge in [0.1, 0.15) is 17.3 Å². The maximum Gasteiger partial charge on any atom is 0.362 e. The van der Waals surface area contributed by atoms with Gasteiger partial charge in [0.05, 0.1) is 24.1 Å². The summed E-state index contributed by atoms with van der Waals surface area (Å²) in [6.45, 7) is 0. The van der Waals surface area contributed by atoms with E-state index in [1.807, 2.05) is 78.9 Å². The Bertz CT molecular complexity index is 2040. The molecule has 228 valence electrons. The molecule has 0 bridgehead atoms. The Kier molecular flexibility index (Phi) is 8.94. The maximum atomic E-state index is 8.49. The van der Waals surface area contributed by atoms with E-state index >= 15 is 0 Å². The third kappa shape index (κ3) is 6.84. The van der Waals surface area contributed by atoms with Crippen molar-refractivity contribution in [3.63, 3.8) is 0 Å². The van der Waals surface area contributed by atoms with Gasteiger partial charge in [-0.3, -0.25) is 0 Å². The quantitative estimate of drug-likeness (QED) is 0.238. The topological polar surface area (TPSA) is 122 Å². The summed E-state index contributed by atoms with van der Waals surface area (Å²) < 4.78 is 53.0. The number of ether oxygens (including phenoxy) is 2. The molecule has 0 atom stereocenters. The van der Waals surface area contributed by atoms with Crippen molar-refractivity contribution in [3.05, 3.63) is 156 Å². The SMILES string of the molecule is COc1ccccc1-c1c(-c2ccccc2)c(C=C2C=C(c3ccccc3)Oc3ccccc32)[o+]c2ccccc12.[O-][Cl+3]([O-])([O-])[O-]. The number of para-hydroxylation sites is 3. The van der Waals surface area contributed by atoms with Crippen molar-refractivity contribution in [2.45, 2.75) is 0 Å². The van der Waals surface area contributed by atoms with Gasteiger partial charge in [0.25, 0.3) is 0 Å². The minimum atomic E-state index is -4.94. The Balaban J connectivity index is 0.000000692. The second-order valence-electron chi connectivity index (χ2n) is 10.2. The van der Waals surface area contributed by atoms with Gasteiger partial charge in [-0.25, -0.2) is 23.1 Å². The molecule has 2 heterocycles. The highest BCUT2D eigenvalue weighted by atomic mass is 35.7. The molecule has 6 aromatic rings. The minimum absolute atomic E-state index is 0.756. The Morgan fingerprint density at radius 1 is 0.630 bits per heavy atom. The van der Waals surface area contributed by atoms with Gasteiger partial charge in [-0.1, -0.05) is 109 Å². The van der Waals surface area contributed by atoms with Crippen LogP contribution in [0.25, 0.3) is 50.6 Å². The highest BCUT2D eigenvalue weighted by Crippen LogP contribution is 2.46. The van der Waals surface area contributed by atoms with Gasteiger partial charge in [0.2, 0.25) is 0 Å². The summed E-state index contributed by atoms with van der Waals surface area (Å²) in [5.41, 5.74) is 7.96. The van der Waals surface area contributed by atoms with E-state index in [9.17, 15) is 0 Å². The van der Waals surface area contributed by atoms with Gasteiger partial charge in [-0.2, -0.15) is 0 Å². The zero-order valence-corrected chi connectivity index (χ0v) is 25.3. The number of fused-ring (bicyclic) bond motifs is 2. The van der Waals surface area contributed by atoms with Crippen molar-refractivity contribution in [2.24, 2.45) is 0 Å². The summed E-state index contributed by atoms with van der Waals surface area (Å²) in [7, 11) is -3.23. The van der Waals surface area contributed by atoms with Gasteiger partial charge >= 0.3 is 11.3 Å². The van der Waals surface area contributed by atoms with Gasteiger partial charge in [-0.15, -0.1) is 10.2 Å². The van der Waals surface area contributed by atoms with Crippen LogP contribution in [0.1, 0.15) is 16.9 Å². The third-order valence-corrected chi connectivity index (χ3v) is 7.36. The molecule has 5 aromatic carbocycles. The minimum Gasteiger partial charge on any atom is -0.496 e. The van der Waals surface area contributed by atoms with Crippen LogP contribution < -0.4 is 28.1 Å². The lowest BCUT2D eigenvalue weighted by atomic mass is 9.89. The van der Waals surface area contributed by atoms with Crippen LogP contribution in [0.2, 0.25) is 0 Å². The molecule has 0 fully saturated rings. The van der Waals surface area contributed by atoms with Crippen LogP contribution in [0.3, 0.4) is 0 Å². The summed E-state index contributed by atoms with van der Waals surface area (Å²) in [5, 5.41) is 1.02. The van der Waals surface area contributed by atoms with E-state index in [1.54, 1.807) is 7.11 Å². The zero-order chi connectivity index (χ0) is 32.1. The summed E-state index contributed by atoms with van der Waals surface area (Å²) >= 11 is 0. The molecule has 0 spiro atoms. The number of hydrogen-bond acceptors (Lipinski definition) is 6. The molecule has 1 aliphatic rings. The van der Waals surface area contributed by atoms with Crippen molar-refractivity contribution < 1.29 is 42.8 Å². The molecule has 7 nitrogen and oxygen atoms in total. The normalized spacial score (nSPS) is 13.2. The zero-order valence-electron chi connectivity index (χ0n) is 24.6. The van der Waals surface area contributed by atoms with Crippen LogP contribution in [0.15, 0.2) is 144 Å². The fourth-order valence-electron chi connectivity index (χ4n) is 5.48. The van der Waals surface area contributed by atoms with E-state index in [0.717, 1.165) is 72.9 Å². The van der Waals surface area contributed by atoms with Gasteiger partial charge < -0.3 is 9.47 Å². The van der Waals surface area contributed by atoms with E-state index < -0.39 is 10.2 Å². The largest absolute Gasteiger partial charge is 0.496 e. The van der Waals surface area contributed by atoms with Crippen LogP contribution in [0.4, 0.5) is 0 Å². The lowest BCUT2D eigenvalue weighted by Gasteiger charge is -2.20. The van der Waals surface area contributed by atoms with Crippen LogP contribution in [-0.4, -0.2) is 7.11 Å². The second kappa shape index (κ2) is 13.4. The first-order valence-corrected chi connectivity index (χ1v) is 15.5. The molecule has 46 heavy (non-hydrogen) atoms. The van der Waals surface area contributed by atoms with Crippen LogP contribution in [0.5, 0.6) is 11.5 Å². The van der Waals surface area contributed by atoms with E-state index in [0.29, 0.717) is 0 Å². The summed E-state index contributed by atoms with van der Waals surface area (Å²) in [5.74, 6) is 3.17. The molecular formula is C38H27ClO7. The highest BCUT2D eigenvalue weighted by Gasteiger charge is 2.29. The first kappa shape index (κ1) is 30.7. The number of benzene rings is 5. The number of allylic oxidation sites excluding steroid dienone is 2. The van der Waals surface area contributed by atoms with Crippen LogP contribution >= 0.6 is 0 Å². The molecule has 0 unspecified atom stereocenters. The van der Waals surface area contributed by atoms with Crippen molar-refractivity contribution in [3.8, 4) is 33.8 Å². The molecule has 0 saturated heterocycles. The molecule has 0 amide bonds. The maximum absolute atomic E-state index is 8.49. The Morgan fingerprint density at radius 2 is 1.20 bits per heavy atom. The first-order valence-electron chi connectivity index (χ1n) is 14.3. The molecular weight excluding hydrogens is 604 g/mol. The number of rotatable bonds is 5. The summed E-state index contributed by atoms with van der Waals surface area (Å²) in [6.07, 6.45) is 4.23. The Hall–Kier alpha value is -5.28. The summed E-state index contributed by atoms with van der Waals surface area (Å²) in [6, 6.07) is 45.1. The molecule has 8 heteroatoms. The lowest BCUT2D eigenvalue weighted by molar-refractivity contribution is -2.00. The predicted octanol–water partition coefficient (Wildman–Crippen LogP) is 5.27. The molecule has 0 aliphatic carbocycles. The molecule has 0 N–H and O–H groups in total. The molecule has 0 saturated carbocycles. The Labute approximate surface area is 267 Å². The molecule has 7 rings (SSSR count). The van der Waals surface area contributed by atoms with Gasteiger partial charge in [0, 0.05) is 28.3 Å². The monoisotopic (exact) mass is 630 g/mol. The average molecular weight is 631 g/mol. The van der Waals surface area contributed by atoms with E-state index in [2.05, 4.69) is 66.7 Å². The smallest absolute Gasteiger partial charge is 0.362 e. The van der Waals surface area contributed by atoms with Gasteiger partial charge in [-0.05, 0) is 35.4 Å². The van der Waals surface area contributed by atoms with Crippen molar-refractivity contribution >= 4 is 28.4 Å². The molecule has 1 aliphatic heterocycles. The molecule has 0 radical (unpaired) electrons. The number of halogens is 1. The first-order chi connectivity index (χ1) is 22.3. The van der Waals surface area contributed by atoms with E-state index in [1.165, 1.54) is 0 Å². The summed E-state index contributed by atoms with van der Waals surface area (Å²) in [4.78, 5) is 0. The van der Waals surface area contributed by atoms with Crippen LogP contribution in [-0.2, 0) is 0 Å². The standard InChI is InChI=1S/C38H27O3.ClHO4/c1-39-32-21-11-9-19-30(32)38-31-20-10-13-23-34(31)41-36(37(38)27-16-6-3-7-17-27)25-28-24-35(26-14-4-2-5-15-26)40-33-22-12-8-18-29(28)33;2-1(3,4)5/h2-25H,1H3;(H,2,3,4,5)/q+1;/p-1. The van der Waals surface area contributed by atoms with Gasteiger partial charge in [0.15, 0.2) is 0 Å². The second-order valence-corrected chi connectivity index (χ2v) is 11.0. The highest BCUT2D eigenvalue weighted by molar-refractivity contribution is 6.07. The van der Waals surface area contributed by atoms with E-state index in [4.69, 9.17) is 32.5 Å². The third-order valence-electron chi connectivity index (χ3n) is 7.36. The van der Waals surface area contributed by atoms with Crippen molar-refractivity contribution in [1.82, 2.24) is 0 Å². The molecule has 1 aromatic heterocycles. The average Bonchev–Trinajstić information content (AvgIpc) is 3.07. The number of hydrogen-bond donors (Lipinski definition) is 0. The fraction of sp³-hybridized carbons (Fsp3) is 0.0263. The van der Waals surface area contributed by atoms with Crippen molar-refractivity contribution in [2.75, 3.05) is 7.11 Å². The number of methoxy groups -OCH3 is 1. The van der Waals surface area contributed by atoms with E-state index in [-0.39, 0.29) is 0 Å². The Morgan fingerprint density at radius 3 is 1.89 bits per heavy atom. The fourth-order valence-corrected chi connectivity index (χ4v) is 5.48. The van der Waals surface area contributed by atoms with Crippen LogP contribution in [0, 0.1) is 10.2 Å². The van der Waals surface area contributed by atoms with Crippen molar-refractivity contribution in [1.29, 1.82) is 0 Å².